The smallest absolute Gasteiger partial charge is 0.193 e. The van der Waals surface area contributed by atoms with Crippen LogP contribution in [0.2, 0.25) is 0 Å². The van der Waals surface area contributed by atoms with Crippen molar-refractivity contribution < 1.29 is 14.6 Å². The largest absolute Gasteiger partial charge is 0.508 e. The monoisotopic (exact) mass is 638 g/mol. The van der Waals surface area contributed by atoms with E-state index < -0.39 is 0 Å². The van der Waals surface area contributed by atoms with Crippen molar-refractivity contribution in [3.05, 3.63) is 199 Å². The molecule has 5 nitrogen and oxygen atoms in total. The predicted octanol–water partition coefficient (Wildman–Crippen LogP) is 11.7. The molecule has 0 saturated heterocycles. The number of anilines is 6. The van der Waals surface area contributed by atoms with Crippen LogP contribution >= 0.6 is 0 Å². The zero-order valence-electron chi connectivity index (χ0n) is 27.0. The van der Waals surface area contributed by atoms with E-state index in [1.54, 1.807) is 24.3 Å². The van der Waals surface area contributed by atoms with Gasteiger partial charge in [-0.25, -0.2) is 0 Å². The van der Waals surface area contributed by atoms with Crippen molar-refractivity contribution in [3.8, 4) is 17.2 Å². The first kappa shape index (κ1) is 31.0. The van der Waals surface area contributed by atoms with E-state index in [4.69, 9.17) is 4.74 Å². The number of para-hydroxylation sites is 2. The summed E-state index contributed by atoms with van der Waals surface area (Å²) in [5, 5.41) is 9.91. The minimum Gasteiger partial charge on any atom is -0.508 e. The number of benzene rings is 7. The molecule has 7 rings (SSSR count). The highest BCUT2D eigenvalue weighted by Gasteiger charge is 2.16. The van der Waals surface area contributed by atoms with Gasteiger partial charge in [0, 0.05) is 45.3 Å². The lowest BCUT2D eigenvalue weighted by molar-refractivity contribution is 0.103. The molecule has 49 heavy (non-hydrogen) atoms. The van der Waals surface area contributed by atoms with Gasteiger partial charge in [0.1, 0.15) is 17.2 Å². The number of rotatable bonds is 10. The van der Waals surface area contributed by atoms with Gasteiger partial charge in [-0.1, -0.05) is 66.2 Å². The molecule has 0 unspecified atom stereocenters. The number of hydrogen-bond donors (Lipinski definition) is 1. The number of phenols is 1. The number of aryl methyl sites for hydroxylation is 1. The first-order valence-corrected chi connectivity index (χ1v) is 16.1. The van der Waals surface area contributed by atoms with Gasteiger partial charge < -0.3 is 19.6 Å². The second kappa shape index (κ2) is 14.0. The molecule has 0 amide bonds. The summed E-state index contributed by atoms with van der Waals surface area (Å²) in [6.07, 6.45) is 0. The molecule has 0 fully saturated rings. The number of hydrogen-bond acceptors (Lipinski definition) is 5. The van der Waals surface area contributed by atoms with E-state index >= 15 is 0 Å². The number of carbonyl (C=O) groups is 1. The topological polar surface area (TPSA) is 53.0 Å². The van der Waals surface area contributed by atoms with Crippen LogP contribution in [0.3, 0.4) is 0 Å². The Balaban J connectivity index is 1.13. The van der Waals surface area contributed by atoms with Gasteiger partial charge in [0.25, 0.3) is 0 Å². The second-order valence-corrected chi connectivity index (χ2v) is 11.7. The molecule has 0 heterocycles. The van der Waals surface area contributed by atoms with E-state index in [2.05, 4.69) is 58.3 Å². The molecule has 0 aromatic heterocycles. The average molecular weight is 639 g/mol. The van der Waals surface area contributed by atoms with E-state index in [-0.39, 0.29) is 11.5 Å². The highest BCUT2D eigenvalue weighted by Crippen LogP contribution is 2.39. The van der Waals surface area contributed by atoms with Crippen LogP contribution in [0, 0.1) is 6.92 Å². The Hall–Kier alpha value is -6.59. The van der Waals surface area contributed by atoms with Gasteiger partial charge in [0.05, 0.1) is 0 Å². The summed E-state index contributed by atoms with van der Waals surface area (Å²) in [6.45, 7) is 2.00. The lowest BCUT2D eigenvalue weighted by Crippen LogP contribution is -2.12. The number of phenolic OH excluding ortho intramolecular Hbond substituents is 1. The van der Waals surface area contributed by atoms with Gasteiger partial charge in [0.15, 0.2) is 5.78 Å². The maximum atomic E-state index is 12.9. The van der Waals surface area contributed by atoms with E-state index in [1.165, 1.54) is 0 Å². The van der Waals surface area contributed by atoms with Crippen molar-refractivity contribution in [1.29, 1.82) is 0 Å². The molecule has 1 N–H and O–H groups in total. The van der Waals surface area contributed by atoms with Crippen molar-refractivity contribution >= 4 is 39.9 Å². The standard InChI is InChI=1S/C44H34N2O3/c1-32-12-14-33(15-13-32)44(48)34-16-28-42(29-17-34)49-43-30-24-40(25-31-43)46(36-10-6-3-7-11-36)38-20-18-37(19-21-38)45(35-8-4-2-5-9-35)39-22-26-41(47)27-23-39/h2-31,47H,1H3. The maximum absolute atomic E-state index is 12.9. The molecule has 0 spiro atoms. The minimum atomic E-state index is -0.0157. The molecule has 7 aromatic rings. The lowest BCUT2D eigenvalue weighted by atomic mass is 10.0. The third-order valence-corrected chi connectivity index (χ3v) is 8.26. The van der Waals surface area contributed by atoms with Crippen LogP contribution in [0.1, 0.15) is 21.5 Å². The summed E-state index contributed by atoms with van der Waals surface area (Å²) in [4.78, 5) is 17.3. The highest BCUT2D eigenvalue weighted by atomic mass is 16.5. The highest BCUT2D eigenvalue weighted by molar-refractivity contribution is 6.09. The Bertz CT molecular complexity index is 2130. The summed E-state index contributed by atoms with van der Waals surface area (Å²) in [5.74, 6) is 1.56. The Morgan fingerprint density at radius 2 is 0.755 bits per heavy atom. The molecule has 7 aromatic carbocycles. The molecule has 5 heteroatoms. The third-order valence-electron chi connectivity index (χ3n) is 8.26. The van der Waals surface area contributed by atoms with Crippen molar-refractivity contribution in [2.45, 2.75) is 6.92 Å². The van der Waals surface area contributed by atoms with Crippen LogP contribution < -0.4 is 14.5 Å². The molecule has 0 aliphatic heterocycles. The van der Waals surface area contributed by atoms with Crippen molar-refractivity contribution in [3.63, 3.8) is 0 Å². The zero-order chi connectivity index (χ0) is 33.6. The quantitative estimate of drug-likeness (QED) is 0.151. The van der Waals surface area contributed by atoms with Crippen molar-refractivity contribution in [2.75, 3.05) is 9.80 Å². The Labute approximate surface area is 286 Å². The van der Waals surface area contributed by atoms with Crippen LogP contribution in [0.5, 0.6) is 17.2 Å². The molecule has 0 atom stereocenters. The average Bonchev–Trinajstić information content (AvgIpc) is 3.15. The fourth-order valence-electron chi connectivity index (χ4n) is 5.75. The number of ketones is 1. The predicted molar refractivity (Wildman–Crippen MR) is 199 cm³/mol. The van der Waals surface area contributed by atoms with E-state index in [1.807, 2.05) is 116 Å². The molecule has 0 radical (unpaired) electrons. The van der Waals surface area contributed by atoms with Crippen LogP contribution in [0.25, 0.3) is 0 Å². The Kier molecular flexibility index (Phi) is 8.89. The van der Waals surface area contributed by atoms with Crippen molar-refractivity contribution in [1.82, 2.24) is 0 Å². The molecular weight excluding hydrogens is 604 g/mol. The summed E-state index contributed by atoms with van der Waals surface area (Å²) in [6, 6.07) is 58.9. The number of ether oxygens (including phenoxy) is 1. The molecule has 0 aliphatic carbocycles. The number of aromatic hydroxyl groups is 1. The number of nitrogens with zero attached hydrogens (tertiary/aromatic N) is 2. The molecular formula is C44H34N2O3. The van der Waals surface area contributed by atoms with Gasteiger partial charge in [-0.15, -0.1) is 0 Å². The minimum absolute atomic E-state index is 0.0157. The molecule has 238 valence electrons. The molecule has 0 saturated carbocycles. The fourth-order valence-corrected chi connectivity index (χ4v) is 5.75. The first-order valence-electron chi connectivity index (χ1n) is 16.1. The summed E-state index contributed by atoms with van der Waals surface area (Å²) in [5.41, 5.74) is 8.35. The third kappa shape index (κ3) is 7.07. The Morgan fingerprint density at radius 3 is 1.18 bits per heavy atom. The first-order chi connectivity index (χ1) is 24.0. The SMILES string of the molecule is Cc1ccc(C(=O)c2ccc(Oc3ccc(N(c4ccccc4)c4ccc(N(c5ccccc5)c5ccc(O)cc5)cc4)cc3)cc2)cc1. The summed E-state index contributed by atoms with van der Waals surface area (Å²) in [7, 11) is 0. The van der Waals surface area contributed by atoms with E-state index in [0.29, 0.717) is 22.6 Å². The van der Waals surface area contributed by atoms with Crippen LogP contribution in [0.4, 0.5) is 34.1 Å². The second-order valence-electron chi connectivity index (χ2n) is 11.7. The fraction of sp³-hybridized carbons (Fsp3) is 0.0227. The van der Waals surface area contributed by atoms with Gasteiger partial charge in [-0.05, 0) is 128 Å². The molecule has 0 bridgehead atoms. The normalized spacial score (nSPS) is 10.7. The van der Waals surface area contributed by atoms with E-state index in [9.17, 15) is 9.90 Å². The maximum Gasteiger partial charge on any atom is 0.193 e. The van der Waals surface area contributed by atoms with Gasteiger partial charge in [-0.3, -0.25) is 4.79 Å². The molecule has 0 aliphatic rings. The summed E-state index contributed by atoms with van der Waals surface area (Å²) < 4.78 is 6.16. The van der Waals surface area contributed by atoms with Crippen LogP contribution in [0.15, 0.2) is 182 Å². The Morgan fingerprint density at radius 1 is 0.429 bits per heavy atom. The van der Waals surface area contributed by atoms with Crippen LogP contribution in [-0.4, -0.2) is 10.9 Å². The van der Waals surface area contributed by atoms with Crippen LogP contribution in [-0.2, 0) is 0 Å². The van der Waals surface area contributed by atoms with Gasteiger partial charge in [0.2, 0.25) is 0 Å². The van der Waals surface area contributed by atoms with E-state index in [0.717, 1.165) is 39.7 Å². The van der Waals surface area contributed by atoms with Gasteiger partial charge in [-0.2, -0.15) is 0 Å². The number of carbonyl (C=O) groups excluding carboxylic acids is 1. The summed E-state index contributed by atoms with van der Waals surface area (Å²) >= 11 is 0. The zero-order valence-corrected chi connectivity index (χ0v) is 27.0. The lowest BCUT2D eigenvalue weighted by Gasteiger charge is -2.28. The van der Waals surface area contributed by atoms with Gasteiger partial charge >= 0.3 is 0 Å². The van der Waals surface area contributed by atoms with Crippen molar-refractivity contribution in [2.24, 2.45) is 0 Å².